The van der Waals surface area contributed by atoms with Crippen molar-refractivity contribution in [2.45, 2.75) is 6.54 Å². The highest BCUT2D eigenvalue weighted by molar-refractivity contribution is 5.76. The lowest BCUT2D eigenvalue weighted by atomic mass is 10.3. The molecule has 17 heavy (non-hydrogen) atoms. The number of ether oxygens (including phenoxy) is 1. The van der Waals surface area contributed by atoms with Crippen LogP contribution in [0.4, 0.5) is 0 Å². The molecule has 0 unspecified atom stereocenters. The van der Waals surface area contributed by atoms with E-state index in [1.54, 1.807) is 7.11 Å². The van der Waals surface area contributed by atoms with Gasteiger partial charge in [0.25, 0.3) is 0 Å². The Labute approximate surface area is 100 Å². The van der Waals surface area contributed by atoms with E-state index in [0.717, 1.165) is 22.6 Å². The number of H-pyrrole nitrogens is 1. The molecule has 1 aromatic carbocycles. The van der Waals surface area contributed by atoms with E-state index >= 15 is 0 Å². The second-order valence-electron chi connectivity index (χ2n) is 4.03. The maximum absolute atomic E-state index is 8.83. The van der Waals surface area contributed by atoms with E-state index in [1.165, 1.54) is 0 Å². The summed E-state index contributed by atoms with van der Waals surface area (Å²) in [6, 6.07) is 5.75. The van der Waals surface area contributed by atoms with E-state index in [4.69, 9.17) is 9.84 Å². The van der Waals surface area contributed by atoms with Crippen LogP contribution in [0.5, 0.6) is 5.75 Å². The van der Waals surface area contributed by atoms with Gasteiger partial charge in [0.2, 0.25) is 0 Å². The largest absolute Gasteiger partial charge is 0.497 e. The van der Waals surface area contributed by atoms with Crippen LogP contribution < -0.4 is 4.74 Å². The minimum Gasteiger partial charge on any atom is -0.497 e. The van der Waals surface area contributed by atoms with E-state index in [9.17, 15) is 0 Å². The molecule has 0 saturated carbocycles. The molecule has 0 atom stereocenters. The van der Waals surface area contributed by atoms with Crippen molar-refractivity contribution >= 4 is 11.0 Å². The predicted octanol–water partition coefficient (Wildman–Crippen LogP) is 0.996. The zero-order valence-corrected chi connectivity index (χ0v) is 10.1. The fourth-order valence-corrected chi connectivity index (χ4v) is 1.75. The third-order valence-corrected chi connectivity index (χ3v) is 2.64. The number of benzene rings is 1. The van der Waals surface area contributed by atoms with Gasteiger partial charge in [-0.3, -0.25) is 4.90 Å². The summed E-state index contributed by atoms with van der Waals surface area (Å²) in [6.45, 7) is 1.49. The van der Waals surface area contributed by atoms with Gasteiger partial charge in [0, 0.05) is 12.6 Å². The van der Waals surface area contributed by atoms with Crippen LogP contribution in [0.3, 0.4) is 0 Å². The van der Waals surface area contributed by atoms with E-state index in [1.807, 2.05) is 30.1 Å². The number of likely N-dealkylation sites (N-methyl/N-ethyl adjacent to an activating group) is 1. The second-order valence-corrected chi connectivity index (χ2v) is 4.03. The van der Waals surface area contributed by atoms with Gasteiger partial charge in [0.1, 0.15) is 11.6 Å². The van der Waals surface area contributed by atoms with Gasteiger partial charge in [0.15, 0.2) is 0 Å². The first-order valence-electron chi connectivity index (χ1n) is 5.55. The first-order valence-corrected chi connectivity index (χ1v) is 5.55. The maximum atomic E-state index is 8.83. The lowest BCUT2D eigenvalue weighted by molar-refractivity contribution is 0.215. The highest BCUT2D eigenvalue weighted by Crippen LogP contribution is 2.18. The minimum absolute atomic E-state index is 0.157. The molecule has 0 radical (unpaired) electrons. The molecule has 0 saturated heterocycles. The SMILES string of the molecule is COc1ccc2nc(CN(C)CCO)[nH]c2c1. The van der Waals surface area contributed by atoms with Crippen LogP contribution >= 0.6 is 0 Å². The Kier molecular flexibility index (Phi) is 3.61. The van der Waals surface area contributed by atoms with E-state index in [2.05, 4.69) is 9.97 Å². The standard InChI is InChI=1S/C12H17N3O2/c1-15(5-6-16)8-12-13-10-4-3-9(17-2)7-11(10)14-12/h3-4,7,16H,5-6,8H2,1-2H3,(H,13,14). The number of aliphatic hydroxyl groups is 1. The smallest absolute Gasteiger partial charge is 0.121 e. The molecule has 92 valence electrons. The summed E-state index contributed by atoms with van der Waals surface area (Å²) >= 11 is 0. The summed E-state index contributed by atoms with van der Waals surface area (Å²) in [5.41, 5.74) is 1.90. The first kappa shape index (κ1) is 11.9. The molecule has 2 aromatic rings. The fourth-order valence-electron chi connectivity index (χ4n) is 1.75. The Morgan fingerprint density at radius 1 is 1.47 bits per heavy atom. The van der Waals surface area contributed by atoms with Gasteiger partial charge < -0.3 is 14.8 Å². The zero-order chi connectivity index (χ0) is 12.3. The molecule has 0 bridgehead atoms. The molecule has 0 aliphatic heterocycles. The van der Waals surface area contributed by atoms with Crippen LogP contribution in [0.2, 0.25) is 0 Å². The predicted molar refractivity (Wildman–Crippen MR) is 66.1 cm³/mol. The van der Waals surface area contributed by atoms with Crippen LogP contribution in [-0.2, 0) is 6.54 Å². The van der Waals surface area contributed by atoms with Crippen LogP contribution in [-0.4, -0.2) is 47.3 Å². The Morgan fingerprint density at radius 2 is 2.29 bits per heavy atom. The van der Waals surface area contributed by atoms with Crippen molar-refractivity contribution in [3.8, 4) is 5.75 Å². The quantitative estimate of drug-likeness (QED) is 0.811. The number of hydrogen-bond acceptors (Lipinski definition) is 4. The Bertz CT molecular complexity index is 495. The van der Waals surface area contributed by atoms with Gasteiger partial charge in [-0.25, -0.2) is 4.98 Å². The lowest BCUT2D eigenvalue weighted by Crippen LogP contribution is -2.22. The summed E-state index contributed by atoms with van der Waals surface area (Å²) < 4.78 is 5.16. The highest BCUT2D eigenvalue weighted by atomic mass is 16.5. The Morgan fingerprint density at radius 3 is 3.00 bits per heavy atom. The molecule has 1 heterocycles. The number of nitrogens with one attached hydrogen (secondary N) is 1. The number of nitrogens with zero attached hydrogens (tertiary/aromatic N) is 2. The van der Waals surface area contributed by atoms with Crippen molar-refractivity contribution in [1.82, 2.24) is 14.9 Å². The molecule has 2 rings (SSSR count). The zero-order valence-electron chi connectivity index (χ0n) is 10.1. The molecule has 0 aliphatic carbocycles. The second kappa shape index (κ2) is 5.16. The number of imidazole rings is 1. The molecule has 5 nitrogen and oxygen atoms in total. The fraction of sp³-hybridized carbons (Fsp3) is 0.417. The Hall–Kier alpha value is -1.59. The molecular weight excluding hydrogens is 218 g/mol. The summed E-state index contributed by atoms with van der Waals surface area (Å²) in [5.74, 6) is 1.71. The third kappa shape index (κ3) is 2.75. The molecule has 0 aliphatic rings. The van der Waals surface area contributed by atoms with Crippen molar-refractivity contribution in [2.75, 3.05) is 27.3 Å². The van der Waals surface area contributed by atoms with Crippen LogP contribution in [0, 0.1) is 0 Å². The molecule has 0 spiro atoms. The monoisotopic (exact) mass is 235 g/mol. The van der Waals surface area contributed by atoms with Gasteiger partial charge in [-0.15, -0.1) is 0 Å². The van der Waals surface area contributed by atoms with Gasteiger partial charge >= 0.3 is 0 Å². The van der Waals surface area contributed by atoms with Crippen molar-refractivity contribution in [1.29, 1.82) is 0 Å². The molecule has 1 aromatic heterocycles. The topological polar surface area (TPSA) is 61.4 Å². The minimum atomic E-state index is 0.157. The van der Waals surface area contributed by atoms with Gasteiger partial charge in [-0.2, -0.15) is 0 Å². The van der Waals surface area contributed by atoms with Crippen molar-refractivity contribution in [3.05, 3.63) is 24.0 Å². The summed E-state index contributed by atoms with van der Waals surface area (Å²) in [5, 5.41) is 8.83. The molecule has 5 heteroatoms. The number of aromatic nitrogens is 2. The maximum Gasteiger partial charge on any atom is 0.121 e. The van der Waals surface area contributed by atoms with Crippen LogP contribution in [0.25, 0.3) is 11.0 Å². The molecule has 2 N–H and O–H groups in total. The van der Waals surface area contributed by atoms with Gasteiger partial charge in [-0.05, 0) is 19.2 Å². The number of rotatable bonds is 5. The molecule has 0 fully saturated rings. The number of hydrogen-bond donors (Lipinski definition) is 2. The normalized spacial score (nSPS) is 11.3. The van der Waals surface area contributed by atoms with Crippen LogP contribution in [0.1, 0.15) is 5.82 Å². The average Bonchev–Trinajstić information content (AvgIpc) is 2.69. The van der Waals surface area contributed by atoms with Crippen molar-refractivity contribution < 1.29 is 9.84 Å². The number of aromatic amines is 1. The van der Waals surface area contributed by atoms with Crippen molar-refractivity contribution in [3.63, 3.8) is 0 Å². The summed E-state index contributed by atoms with van der Waals surface area (Å²) in [7, 11) is 3.59. The first-order chi connectivity index (χ1) is 8.22. The highest BCUT2D eigenvalue weighted by Gasteiger charge is 2.06. The summed E-state index contributed by atoms with van der Waals surface area (Å²) in [6.07, 6.45) is 0. The lowest BCUT2D eigenvalue weighted by Gasteiger charge is -2.12. The third-order valence-electron chi connectivity index (χ3n) is 2.64. The van der Waals surface area contributed by atoms with E-state index < -0.39 is 0 Å². The van der Waals surface area contributed by atoms with Gasteiger partial charge in [0.05, 0.1) is 31.3 Å². The van der Waals surface area contributed by atoms with Crippen molar-refractivity contribution in [2.24, 2.45) is 0 Å². The van der Waals surface area contributed by atoms with E-state index in [-0.39, 0.29) is 6.61 Å². The van der Waals surface area contributed by atoms with E-state index in [0.29, 0.717) is 13.1 Å². The van der Waals surface area contributed by atoms with Crippen LogP contribution in [0.15, 0.2) is 18.2 Å². The average molecular weight is 235 g/mol. The molecule has 0 amide bonds. The molecular formula is C12H17N3O2. The summed E-state index contributed by atoms with van der Waals surface area (Å²) in [4.78, 5) is 9.73. The number of fused-ring (bicyclic) bond motifs is 1. The number of aliphatic hydroxyl groups excluding tert-OH is 1. The number of methoxy groups -OCH3 is 1. The van der Waals surface area contributed by atoms with Gasteiger partial charge in [-0.1, -0.05) is 0 Å². The Balaban J connectivity index is 2.19.